The molecule has 1 atom stereocenters. The van der Waals surface area contributed by atoms with E-state index in [9.17, 15) is 4.79 Å². The van der Waals surface area contributed by atoms with E-state index in [2.05, 4.69) is 29.5 Å². The molecule has 2 amide bonds. The molecule has 1 aliphatic rings. The van der Waals surface area contributed by atoms with E-state index in [4.69, 9.17) is 9.51 Å². The molecule has 6 heteroatoms. The van der Waals surface area contributed by atoms with Crippen LogP contribution in [0.3, 0.4) is 0 Å². The fourth-order valence-corrected chi connectivity index (χ4v) is 4.14. The summed E-state index contributed by atoms with van der Waals surface area (Å²) in [5.41, 5.74) is 5.36. The van der Waals surface area contributed by atoms with Crippen molar-refractivity contribution in [2.24, 2.45) is 0 Å². The van der Waals surface area contributed by atoms with Gasteiger partial charge in [0.1, 0.15) is 0 Å². The van der Waals surface area contributed by atoms with Crippen LogP contribution < -0.4 is 10.2 Å². The van der Waals surface area contributed by atoms with E-state index in [1.807, 2.05) is 79.7 Å². The van der Waals surface area contributed by atoms with Crippen LogP contribution in [-0.4, -0.2) is 16.2 Å². The third-order valence-electron chi connectivity index (χ3n) is 5.91. The quantitative estimate of drug-likeness (QED) is 0.416. The van der Waals surface area contributed by atoms with E-state index < -0.39 is 6.04 Å². The predicted molar refractivity (Wildman–Crippen MR) is 128 cm³/mol. The van der Waals surface area contributed by atoms with Gasteiger partial charge in [0.15, 0.2) is 0 Å². The van der Waals surface area contributed by atoms with Crippen molar-refractivity contribution < 1.29 is 9.32 Å². The highest BCUT2D eigenvalue weighted by atomic mass is 16.5. The summed E-state index contributed by atoms with van der Waals surface area (Å²) < 4.78 is 5.75. The summed E-state index contributed by atoms with van der Waals surface area (Å²) in [5.74, 6) is 0.894. The smallest absolute Gasteiger partial charge is 0.326 e. The monoisotopic (exact) mass is 436 g/mol. The Hall–Kier alpha value is -4.19. The summed E-state index contributed by atoms with van der Waals surface area (Å²) in [7, 11) is 0. The highest BCUT2D eigenvalue weighted by Crippen LogP contribution is 2.39. The lowest BCUT2D eigenvalue weighted by Gasteiger charge is -2.35. The van der Waals surface area contributed by atoms with Gasteiger partial charge in [0.05, 0.1) is 17.3 Å². The number of carbonyl (C=O) groups excluding carboxylic acids is 1. The van der Waals surface area contributed by atoms with Crippen LogP contribution in [0.4, 0.5) is 10.5 Å². The lowest BCUT2D eigenvalue weighted by atomic mass is 9.93. The van der Waals surface area contributed by atoms with Crippen LogP contribution in [0.25, 0.3) is 17.0 Å². The number of urea groups is 1. The summed E-state index contributed by atoms with van der Waals surface area (Å²) in [6.07, 6.45) is 0.949. The zero-order valence-corrected chi connectivity index (χ0v) is 18.5. The first-order chi connectivity index (χ1) is 16.2. The number of hydrogen-bond acceptors (Lipinski definition) is 4. The largest absolute Gasteiger partial charge is 0.334 e. The average Bonchev–Trinajstić information content (AvgIpc) is 3.35. The Morgan fingerprint density at radius 3 is 2.27 bits per heavy atom. The van der Waals surface area contributed by atoms with Crippen molar-refractivity contribution in [3.8, 4) is 11.4 Å². The molecular weight excluding hydrogens is 412 g/mol. The number of nitrogens with one attached hydrogen (secondary N) is 1. The van der Waals surface area contributed by atoms with Crippen molar-refractivity contribution in [3.63, 3.8) is 0 Å². The van der Waals surface area contributed by atoms with Crippen LogP contribution in [-0.2, 0) is 6.42 Å². The molecule has 1 unspecified atom stereocenters. The van der Waals surface area contributed by atoms with Gasteiger partial charge in [-0.2, -0.15) is 4.98 Å². The first-order valence-corrected chi connectivity index (χ1v) is 11.0. The maximum absolute atomic E-state index is 13.2. The number of nitrogens with zero attached hydrogens (tertiary/aromatic N) is 3. The summed E-state index contributed by atoms with van der Waals surface area (Å²) in [4.78, 5) is 19.6. The van der Waals surface area contributed by atoms with Crippen molar-refractivity contribution in [2.75, 3.05) is 4.90 Å². The zero-order valence-electron chi connectivity index (χ0n) is 18.5. The van der Waals surface area contributed by atoms with Crippen LogP contribution >= 0.6 is 0 Å². The van der Waals surface area contributed by atoms with E-state index >= 15 is 0 Å². The van der Waals surface area contributed by atoms with E-state index in [1.165, 1.54) is 5.56 Å². The molecule has 1 aliphatic heterocycles. The molecule has 0 bridgehead atoms. The summed E-state index contributed by atoms with van der Waals surface area (Å²) in [6, 6.07) is 26.9. The molecule has 4 aromatic rings. The molecule has 0 saturated heterocycles. The summed E-state index contributed by atoms with van der Waals surface area (Å²) in [6.45, 7) is 4.04. The third kappa shape index (κ3) is 3.91. The van der Waals surface area contributed by atoms with Crippen LogP contribution in [0.2, 0.25) is 0 Å². The summed E-state index contributed by atoms with van der Waals surface area (Å²) >= 11 is 0. The van der Waals surface area contributed by atoms with Gasteiger partial charge in [0, 0.05) is 11.3 Å². The Morgan fingerprint density at radius 1 is 0.939 bits per heavy atom. The van der Waals surface area contributed by atoms with Crippen molar-refractivity contribution >= 4 is 17.3 Å². The topological polar surface area (TPSA) is 71.3 Å². The molecule has 0 saturated carbocycles. The van der Waals surface area contributed by atoms with Gasteiger partial charge in [0.2, 0.25) is 5.82 Å². The fourth-order valence-electron chi connectivity index (χ4n) is 4.14. The van der Waals surface area contributed by atoms with Crippen LogP contribution in [0.15, 0.2) is 95.1 Å². The number of benzene rings is 3. The highest BCUT2D eigenvalue weighted by Gasteiger charge is 2.36. The van der Waals surface area contributed by atoms with Crippen LogP contribution in [0, 0.1) is 0 Å². The number of aromatic nitrogens is 2. The van der Waals surface area contributed by atoms with E-state index in [0.717, 1.165) is 34.5 Å². The minimum Gasteiger partial charge on any atom is -0.334 e. The molecule has 3 aromatic carbocycles. The number of rotatable bonds is 5. The van der Waals surface area contributed by atoms with E-state index in [-0.39, 0.29) is 6.03 Å². The predicted octanol–water partition coefficient (Wildman–Crippen LogP) is 6.00. The molecule has 33 heavy (non-hydrogen) atoms. The maximum Gasteiger partial charge on any atom is 0.326 e. The SMILES string of the molecule is CCc1ccc(C2NC(=O)N(c3ccccc3)C(C)=C2c2nc(-c3ccccc3)no2)cc1. The lowest BCUT2D eigenvalue weighted by molar-refractivity contribution is 0.244. The number of para-hydroxylation sites is 1. The third-order valence-corrected chi connectivity index (χ3v) is 5.91. The highest BCUT2D eigenvalue weighted by molar-refractivity contribution is 6.01. The van der Waals surface area contributed by atoms with Gasteiger partial charge < -0.3 is 9.84 Å². The van der Waals surface area contributed by atoms with Crippen LogP contribution in [0.5, 0.6) is 0 Å². The van der Waals surface area contributed by atoms with Crippen molar-refractivity contribution in [3.05, 3.63) is 108 Å². The van der Waals surface area contributed by atoms with Gasteiger partial charge in [-0.3, -0.25) is 4.90 Å². The molecular formula is C27H24N4O2. The van der Waals surface area contributed by atoms with Crippen LogP contribution in [0.1, 0.15) is 36.9 Å². The molecule has 1 N–H and O–H groups in total. The van der Waals surface area contributed by atoms with Gasteiger partial charge >= 0.3 is 6.03 Å². The van der Waals surface area contributed by atoms with Gasteiger partial charge in [0.25, 0.3) is 5.89 Å². The average molecular weight is 437 g/mol. The lowest BCUT2D eigenvalue weighted by Crippen LogP contribution is -2.46. The number of anilines is 1. The van der Waals surface area contributed by atoms with Crippen molar-refractivity contribution in [1.82, 2.24) is 15.5 Å². The second-order valence-corrected chi connectivity index (χ2v) is 7.94. The second-order valence-electron chi connectivity index (χ2n) is 7.94. The fraction of sp³-hybridized carbons (Fsp3) is 0.148. The Bertz CT molecular complexity index is 1290. The van der Waals surface area contributed by atoms with Gasteiger partial charge in [-0.25, -0.2) is 4.79 Å². The van der Waals surface area contributed by atoms with E-state index in [1.54, 1.807) is 4.90 Å². The Balaban J connectivity index is 1.64. The van der Waals surface area contributed by atoms with Crippen molar-refractivity contribution in [2.45, 2.75) is 26.3 Å². The molecule has 2 heterocycles. The molecule has 6 nitrogen and oxygen atoms in total. The minimum atomic E-state index is -0.410. The number of carbonyl (C=O) groups is 1. The standard InChI is InChI=1S/C27H24N4O2/c1-3-19-14-16-20(17-15-19)24-23(26-29-25(30-33-26)21-10-6-4-7-11-21)18(2)31(27(32)28-24)22-12-8-5-9-13-22/h4-17,24H,3H2,1-2H3,(H,28,32). The van der Waals surface area contributed by atoms with Gasteiger partial charge in [-0.15, -0.1) is 0 Å². The number of aryl methyl sites for hydroxylation is 1. The number of hydrogen-bond donors (Lipinski definition) is 1. The second kappa shape index (κ2) is 8.74. The van der Waals surface area contributed by atoms with Gasteiger partial charge in [-0.05, 0) is 36.6 Å². The van der Waals surface area contributed by atoms with Gasteiger partial charge in [-0.1, -0.05) is 84.9 Å². The Kier molecular flexibility index (Phi) is 5.48. The molecule has 164 valence electrons. The molecule has 1 aromatic heterocycles. The molecule has 0 spiro atoms. The first kappa shape index (κ1) is 20.7. The van der Waals surface area contributed by atoms with E-state index in [0.29, 0.717) is 11.7 Å². The Morgan fingerprint density at radius 2 is 1.61 bits per heavy atom. The molecule has 0 fully saturated rings. The number of amides is 2. The summed E-state index contributed by atoms with van der Waals surface area (Å²) in [5, 5.41) is 7.36. The Labute approximate surface area is 192 Å². The molecule has 5 rings (SSSR count). The normalized spacial score (nSPS) is 16.1. The van der Waals surface area contributed by atoms with Crippen molar-refractivity contribution in [1.29, 1.82) is 0 Å². The maximum atomic E-state index is 13.2. The number of allylic oxidation sites excluding steroid dienone is 1. The molecule has 0 radical (unpaired) electrons. The minimum absolute atomic E-state index is 0.199. The zero-order chi connectivity index (χ0) is 22.8. The first-order valence-electron chi connectivity index (χ1n) is 11.0. The molecule has 0 aliphatic carbocycles.